The highest BCUT2D eigenvalue weighted by Crippen LogP contribution is 2.33. The van der Waals surface area contributed by atoms with Crippen LogP contribution in [-0.2, 0) is 11.3 Å². The molecule has 0 bridgehead atoms. The van der Waals surface area contributed by atoms with E-state index in [1.54, 1.807) is 45.6 Å². The van der Waals surface area contributed by atoms with Gasteiger partial charge in [-0.1, -0.05) is 6.07 Å². The van der Waals surface area contributed by atoms with Gasteiger partial charge in [0, 0.05) is 10.9 Å². The van der Waals surface area contributed by atoms with Crippen LogP contribution in [0.3, 0.4) is 0 Å². The number of hydrogen-bond donors (Lipinski definition) is 0. The van der Waals surface area contributed by atoms with Crippen molar-refractivity contribution in [2.24, 2.45) is 0 Å². The molecule has 0 aliphatic heterocycles. The summed E-state index contributed by atoms with van der Waals surface area (Å²) in [7, 11) is 4.73. The van der Waals surface area contributed by atoms with Crippen molar-refractivity contribution in [3.8, 4) is 27.8 Å². The molecular formula is C20H19NO5S. The molecular weight excluding hydrogens is 366 g/mol. The van der Waals surface area contributed by atoms with Crippen LogP contribution >= 0.6 is 11.3 Å². The van der Waals surface area contributed by atoms with Gasteiger partial charge in [-0.25, -0.2) is 9.78 Å². The Bertz CT molecular complexity index is 938. The molecule has 0 saturated carbocycles. The molecule has 1 aromatic heterocycles. The number of nitrogens with zero attached hydrogens (tertiary/aromatic N) is 1. The molecule has 0 radical (unpaired) electrons. The van der Waals surface area contributed by atoms with E-state index in [4.69, 9.17) is 18.9 Å². The van der Waals surface area contributed by atoms with Gasteiger partial charge in [0.05, 0.1) is 32.6 Å². The van der Waals surface area contributed by atoms with E-state index >= 15 is 0 Å². The van der Waals surface area contributed by atoms with Gasteiger partial charge in [0.15, 0.2) is 11.5 Å². The molecule has 3 aromatic rings. The zero-order chi connectivity index (χ0) is 19.2. The third-order valence-electron chi connectivity index (χ3n) is 3.84. The second-order valence-corrected chi connectivity index (χ2v) is 6.38. The summed E-state index contributed by atoms with van der Waals surface area (Å²) in [6.07, 6.45) is 0. The van der Waals surface area contributed by atoms with E-state index in [0.29, 0.717) is 28.5 Å². The summed E-state index contributed by atoms with van der Waals surface area (Å²) in [6.45, 7) is 0.0971. The molecule has 0 amide bonds. The first-order chi connectivity index (χ1) is 13.1. The molecule has 7 heteroatoms. The van der Waals surface area contributed by atoms with Crippen molar-refractivity contribution in [1.82, 2.24) is 4.98 Å². The zero-order valence-electron chi connectivity index (χ0n) is 15.2. The van der Waals surface area contributed by atoms with Crippen LogP contribution in [0.5, 0.6) is 17.2 Å². The van der Waals surface area contributed by atoms with Crippen molar-refractivity contribution < 1.29 is 23.7 Å². The molecule has 0 saturated heterocycles. The Balaban J connectivity index is 1.68. The number of aromatic nitrogens is 1. The van der Waals surface area contributed by atoms with Crippen LogP contribution in [0.1, 0.15) is 16.1 Å². The standard InChI is InChI=1S/C20H19NO5S/c1-23-16-6-4-5-14(9-16)20(22)26-11-15-12-27-19(21-15)13-7-8-17(24-2)18(10-13)25-3/h4-10,12H,11H2,1-3H3. The maximum atomic E-state index is 12.2. The number of hydrogen-bond acceptors (Lipinski definition) is 7. The van der Waals surface area contributed by atoms with Crippen molar-refractivity contribution in [1.29, 1.82) is 0 Å². The summed E-state index contributed by atoms with van der Waals surface area (Å²) in [4.78, 5) is 16.7. The van der Waals surface area contributed by atoms with Crippen molar-refractivity contribution in [2.75, 3.05) is 21.3 Å². The van der Waals surface area contributed by atoms with Gasteiger partial charge < -0.3 is 18.9 Å². The van der Waals surface area contributed by atoms with Crippen LogP contribution in [0.4, 0.5) is 0 Å². The van der Waals surface area contributed by atoms with Gasteiger partial charge in [-0.2, -0.15) is 0 Å². The fraction of sp³-hybridized carbons (Fsp3) is 0.200. The number of carbonyl (C=O) groups is 1. The third-order valence-corrected chi connectivity index (χ3v) is 4.78. The van der Waals surface area contributed by atoms with E-state index in [-0.39, 0.29) is 6.61 Å². The molecule has 0 aliphatic carbocycles. The van der Waals surface area contributed by atoms with E-state index in [1.165, 1.54) is 11.3 Å². The number of benzene rings is 2. The Hall–Kier alpha value is -3.06. The number of esters is 1. The van der Waals surface area contributed by atoms with Crippen LogP contribution in [-0.4, -0.2) is 32.3 Å². The molecule has 2 aromatic carbocycles. The average molecular weight is 385 g/mol. The van der Waals surface area contributed by atoms with E-state index in [0.717, 1.165) is 10.6 Å². The SMILES string of the molecule is COc1cccc(C(=O)OCc2csc(-c3ccc(OC)c(OC)c3)n2)c1. The van der Waals surface area contributed by atoms with Crippen LogP contribution in [0.15, 0.2) is 47.8 Å². The number of methoxy groups -OCH3 is 3. The lowest BCUT2D eigenvalue weighted by Gasteiger charge is -2.08. The molecule has 140 valence electrons. The predicted octanol–water partition coefficient (Wildman–Crippen LogP) is 4.19. The van der Waals surface area contributed by atoms with Crippen LogP contribution in [0, 0.1) is 0 Å². The number of carbonyl (C=O) groups excluding carboxylic acids is 1. The Morgan fingerprint density at radius 2 is 1.81 bits per heavy atom. The molecule has 3 rings (SSSR count). The minimum absolute atomic E-state index is 0.0971. The Labute approximate surface area is 161 Å². The average Bonchev–Trinajstić information content (AvgIpc) is 3.20. The van der Waals surface area contributed by atoms with Crippen LogP contribution < -0.4 is 14.2 Å². The van der Waals surface area contributed by atoms with Crippen LogP contribution in [0.2, 0.25) is 0 Å². The summed E-state index contributed by atoms with van der Waals surface area (Å²) in [5, 5.41) is 2.67. The van der Waals surface area contributed by atoms with Crippen LogP contribution in [0.25, 0.3) is 10.6 Å². The first-order valence-electron chi connectivity index (χ1n) is 8.12. The smallest absolute Gasteiger partial charge is 0.338 e. The Morgan fingerprint density at radius 3 is 2.56 bits per heavy atom. The minimum atomic E-state index is -0.422. The monoisotopic (exact) mass is 385 g/mol. The highest BCUT2D eigenvalue weighted by molar-refractivity contribution is 7.13. The number of thiazole rings is 1. The quantitative estimate of drug-likeness (QED) is 0.568. The number of ether oxygens (including phenoxy) is 4. The number of rotatable bonds is 7. The van der Waals surface area contributed by atoms with E-state index in [9.17, 15) is 4.79 Å². The molecule has 0 aliphatic rings. The highest BCUT2D eigenvalue weighted by Gasteiger charge is 2.12. The fourth-order valence-corrected chi connectivity index (χ4v) is 3.25. The van der Waals surface area contributed by atoms with Crippen molar-refractivity contribution in [3.05, 3.63) is 59.1 Å². The maximum Gasteiger partial charge on any atom is 0.338 e. The predicted molar refractivity (Wildman–Crippen MR) is 103 cm³/mol. The lowest BCUT2D eigenvalue weighted by molar-refractivity contribution is 0.0468. The van der Waals surface area contributed by atoms with Crippen molar-refractivity contribution in [2.45, 2.75) is 6.61 Å². The van der Waals surface area contributed by atoms with Gasteiger partial charge in [-0.3, -0.25) is 0 Å². The van der Waals surface area contributed by atoms with Gasteiger partial charge in [-0.05, 0) is 36.4 Å². The van der Waals surface area contributed by atoms with E-state index < -0.39 is 5.97 Å². The molecule has 0 N–H and O–H groups in total. The van der Waals surface area contributed by atoms with Gasteiger partial charge >= 0.3 is 5.97 Å². The molecule has 1 heterocycles. The van der Waals surface area contributed by atoms with Gasteiger partial charge in [-0.15, -0.1) is 11.3 Å². The minimum Gasteiger partial charge on any atom is -0.497 e. The Morgan fingerprint density at radius 1 is 1.00 bits per heavy atom. The molecule has 27 heavy (non-hydrogen) atoms. The van der Waals surface area contributed by atoms with E-state index in [2.05, 4.69) is 4.98 Å². The molecule has 0 unspecified atom stereocenters. The summed E-state index contributed by atoms with van der Waals surface area (Å²) >= 11 is 1.47. The second-order valence-electron chi connectivity index (χ2n) is 5.52. The topological polar surface area (TPSA) is 66.9 Å². The Kier molecular flexibility index (Phi) is 5.93. The third kappa shape index (κ3) is 4.38. The fourth-order valence-electron chi connectivity index (χ4n) is 2.45. The summed E-state index contributed by atoms with van der Waals surface area (Å²) in [5.41, 5.74) is 2.02. The summed E-state index contributed by atoms with van der Waals surface area (Å²) < 4.78 is 21.0. The second kappa shape index (κ2) is 8.55. The molecule has 0 fully saturated rings. The largest absolute Gasteiger partial charge is 0.497 e. The molecule has 0 spiro atoms. The highest BCUT2D eigenvalue weighted by atomic mass is 32.1. The first-order valence-corrected chi connectivity index (χ1v) is 9.00. The van der Waals surface area contributed by atoms with Gasteiger partial charge in [0.25, 0.3) is 0 Å². The summed E-state index contributed by atoms with van der Waals surface area (Å²) in [6, 6.07) is 12.4. The van der Waals surface area contributed by atoms with Crippen molar-refractivity contribution in [3.63, 3.8) is 0 Å². The molecule has 6 nitrogen and oxygen atoms in total. The normalized spacial score (nSPS) is 10.3. The zero-order valence-corrected chi connectivity index (χ0v) is 16.0. The summed E-state index contributed by atoms with van der Waals surface area (Å²) in [5.74, 6) is 1.48. The molecule has 0 atom stereocenters. The maximum absolute atomic E-state index is 12.2. The lowest BCUT2D eigenvalue weighted by atomic mass is 10.2. The lowest BCUT2D eigenvalue weighted by Crippen LogP contribution is -2.05. The van der Waals surface area contributed by atoms with Crippen molar-refractivity contribution >= 4 is 17.3 Å². The van der Waals surface area contributed by atoms with Gasteiger partial charge in [0.2, 0.25) is 0 Å². The first kappa shape index (κ1) is 18.7. The van der Waals surface area contributed by atoms with E-state index in [1.807, 2.05) is 23.6 Å². The van der Waals surface area contributed by atoms with Gasteiger partial charge in [0.1, 0.15) is 17.4 Å².